The topological polar surface area (TPSA) is 57.5 Å². The summed E-state index contributed by atoms with van der Waals surface area (Å²) in [4.78, 5) is 10.7. The van der Waals surface area contributed by atoms with Gasteiger partial charge in [-0.3, -0.25) is 0 Å². The number of hydrogen-bond donors (Lipinski definition) is 2. The van der Waals surface area contributed by atoms with Crippen molar-refractivity contribution in [3.8, 4) is 16.9 Å². The summed E-state index contributed by atoms with van der Waals surface area (Å²) in [6, 6.07) is 11.8. The number of aromatic carboxylic acids is 1. The molecule has 0 radical (unpaired) electrons. The number of aryl methyl sites for hydroxylation is 1. The Morgan fingerprint density at radius 3 is 2.18 bits per heavy atom. The van der Waals surface area contributed by atoms with E-state index in [2.05, 4.69) is 0 Å². The smallest absolute Gasteiger partial charge is 0.335 e. The first kappa shape index (κ1) is 11.2. The molecule has 0 spiro atoms. The summed E-state index contributed by atoms with van der Waals surface area (Å²) in [6.45, 7) is 1.90. The fraction of sp³-hybridized carbons (Fsp3) is 0.0714. The van der Waals surface area contributed by atoms with Crippen LogP contribution in [0.3, 0.4) is 0 Å². The molecular formula is C14H12O3. The Kier molecular flexibility index (Phi) is 2.83. The molecule has 0 aliphatic rings. The molecule has 0 bridgehead atoms. The number of carboxylic acid groups (broad SMARTS) is 1. The Balaban J connectivity index is 2.43. The van der Waals surface area contributed by atoms with Crippen LogP contribution in [-0.4, -0.2) is 16.2 Å². The minimum atomic E-state index is -0.941. The van der Waals surface area contributed by atoms with Gasteiger partial charge in [0.05, 0.1) is 5.56 Å². The third-order valence-corrected chi connectivity index (χ3v) is 2.53. The zero-order chi connectivity index (χ0) is 12.4. The quantitative estimate of drug-likeness (QED) is 0.830. The summed E-state index contributed by atoms with van der Waals surface area (Å²) < 4.78 is 0. The van der Waals surface area contributed by atoms with Crippen molar-refractivity contribution >= 4 is 5.97 Å². The van der Waals surface area contributed by atoms with Gasteiger partial charge in [-0.05, 0) is 47.9 Å². The average molecular weight is 228 g/mol. The highest BCUT2D eigenvalue weighted by Gasteiger charge is 2.04. The lowest BCUT2D eigenvalue weighted by atomic mass is 10.0. The Hall–Kier alpha value is -2.29. The van der Waals surface area contributed by atoms with E-state index in [1.165, 1.54) is 0 Å². The van der Waals surface area contributed by atoms with Crippen molar-refractivity contribution in [1.82, 2.24) is 0 Å². The summed E-state index contributed by atoms with van der Waals surface area (Å²) in [5.41, 5.74) is 2.97. The molecule has 0 fully saturated rings. The monoisotopic (exact) mass is 228 g/mol. The van der Waals surface area contributed by atoms with E-state index in [4.69, 9.17) is 5.11 Å². The maximum Gasteiger partial charge on any atom is 0.335 e. The molecule has 0 atom stereocenters. The lowest BCUT2D eigenvalue weighted by Crippen LogP contribution is -1.94. The van der Waals surface area contributed by atoms with Crippen molar-refractivity contribution in [2.75, 3.05) is 0 Å². The fourth-order valence-electron chi connectivity index (χ4n) is 1.73. The van der Waals surface area contributed by atoms with E-state index >= 15 is 0 Å². The predicted molar refractivity (Wildman–Crippen MR) is 65.2 cm³/mol. The zero-order valence-corrected chi connectivity index (χ0v) is 9.34. The first-order chi connectivity index (χ1) is 8.06. The van der Waals surface area contributed by atoms with E-state index in [9.17, 15) is 9.90 Å². The molecule has 0 saturated carbocycles. The number of hydrogen-bond acceptors (Lipinski definition) is 2. The molecule has 86 valence electrons. The molecule has 2 aromatic carbocycles. The molecule has 0 aromatic heterocycles. The lowest BCUT2D eigenvalue weighted by molar-refractivity contribution is 0.0697. The fourth-order valence-corrected chi connectivity index (χ4v) is 1.73. The Morgan fingerprint density at radius 1 is 1.00 bits per heavy atom. The molecule has 17 heavy (non-hydrogen) atoms. The van der Waals surface area contributed by atoms with E-state index in [0.29, 0.717) is 0 Å². The molecule has 2 N–H and O–H groups in total. The van der Waals surface area contributed by atoms with Gasteiger partial charge in [-0.25, -0.2) is 4.79 Å². The van der Waals surface area contributed by atoms with Gasteiger partial charge in [0.25, 0.3) is 0 Å². The van der Waals surface area contributed by atoms with Crippen LogP contribution < -0.4 is 0 Å². The van der Waals surface area contributed by atoms with Crippen LogP contribution in [0.4, 0.5) is 0 Å². The van der Waals surface area contributed by atoms with Gasteiger partial charge in [0.2, 0.25) is 0 Å². The molecule has 0 amide bonds. The van der Waals surface area contributed by atoms with Crippen LogP contribution >= 0.6 is 0 Å². The van der Waals surface area contributed by atoms with Crippen LogP contribution in [0.5, 0.6) is 5.75 Å². The third-order valence-electron chi connectivity index (χ3n) is 2.53. The van der Waals surface area contributed by atoms with Crippen LogP contribution in [0.25, 0.3) is 11.1 Å². The van der Waals surface area contributed by atoms with Gasteiger partial charge in [0.15, 0.2) is 0 Å². The predicted octanol–water partition coefficient (Wildman–Crippen LogP) is 3.07. The van der Waals surface area contributed by atoms with Crippen LogP contribution in [0.15, 0.2) is 42.5 Å². The van der Waals surface area contributed by atoms with Crippen molar-refractivity contribution < 1.29 is 15.0 Å². The number of phenolic OH excluding ortho intramolecular Hbond substituents is 1. The molecule has 2 aromatic rings. The normalized spacial score (nSPS) is 10.2. The second kappa shape index (κ2) is 4.29. The first-order valence-corrected chi connectivity index (χ1v) is 5.20. The number of carboxylic acids is 1. The SMILES string of the molecule is Cc1cc(O)cc(-c2ccc(C(=O)O)cc2)c1. The van der Waals surface area contributed by atoms with E-state index < -0.39 is 5.97 Å². The highest BCUT2D eigenvalue weighted by Crippen LogP contribution is 2.25. The van der Waals surface area contributed by atoms with Crippen LogP contribution in [0, 0.1) is 6.92 Å². The lowest BCUT2D eigenvalue weighted by Gasteiger charge is -2.05. The van der Waals surface area contributed by atoms with E-state index in [1.807, 2.05) is 13.0 Å². The number of phenols is 1. The minimum absolute atomic E-state index is 0.210. The number of benzene rings is 2. The van der Waals surface area contributed by atoms with Gasteiger partial charge in [-0.15, -0.1) is 0 Å². The summed E-state index contributed by atoms with van der Waals surface area (Å²) >= 11 is 0. The molecule has 0 unspecified atom stereocenters. The minimum Gasteiger partial charge on any atom is -0.508 e. The highest BCUT2D eigenvalue weighted by atomic mass is 16.4. The molecular weight excluding hydrogens is 216 g/mol. The summed E-state index contributed by atoms with van der Waals surface area (Å²) in [5.74, 6) is -0.731. The number of carbonyl (C=O) groups is 1. The van der Waals surface area contributed by atoms with Crippen molar-refractivity contribution in [3.63, 3.8) is 0 Å². The van der Waals surface area contributed by atoms with E-state index in [-0.39, 0.29) is 11.3 Å². The summed E-state index contributed by atoms with van der Waals surface area (Å²) in [5, 5.41) is 18.3. The molecule has 2 rings (SSSR count). The Morgan fingerprint density at radius 2 is 1.65 bits per heavy atom. The number of rotatable bonds is 2. The average Bonchev–Trinajstić information content (AvgIpc) is 2.28. The molecule has 0 saturated heterocycles. The van der Waals surface area contributed by atoms with Crippen LogP contribution in [0.2, 0.25) is 0 Å². The van der Waals surface area contributed by atoms with Gasteiger partial charge < -0.3 is 10.2 Å². The van der Waals surface area contributed by atoms with Crippen LogP contribution in [-0.2, 0) is 0 Å². The Labute approximate surface area is 99.0 Å². The van der Waals surface area contributed by atoms with Crippen molar-refractivity contribution in [2.45, 2.75) is 6.92 Å². The maximum absolute atomic E-state index is 10.7. The third kappa shape index (κ3) is 2.45. The van der Waals surface area contributed by atoms with Crippen LogP contribution in [0.1, 0.15) is 15.9 Å². The summed E-state index contributed by atoms with van der Waals surface area (Å²) in [6.07, 6.45) is 0. The van der Waals surface area contributed by atoms with Crippen molar-refractivity contribution in [3.05, 3.63) is 53.6 Å². The molecule has 0 aliphatic carbocycles. The maximum atomic E-state index is 10.7. The largest absolute Gasteiger partial charge is 0.508 e. The Bertz CT molecular complexity index is 536. The molecule has 3 nitrogen and oxygen atoms in total. The highest BCUT2D eigenvalue weighted by molar-refractivity contribution is 5.88. The van der Waals surface area contributed by atoms with E-state index in [0.717, 1.165) is 16.7 Å². The van der Waals surface area contributed by atoms with Crippen molar-refractivity contribution in [2.24, 2.45) is 0 Å². The zero-order valence-electron chi connectivity index (χ0n) is 9.34. The second-order valence-electron chi connectivity index (χ2n) is 3.94. The standard InChI is InChI=1S/C14H12O3/c1-9-6-12(8-13(15)7-9)10-2-4-11(5-3-10)14(16)17/h2-8,15H,1H3,(H,16,17). The van der Waals surface area contributed by atoms with Crippen molar-refractivity contribution in [1.29, 1.82) is 0 Å². The van der Waals surface area contributed by atoms with Gasteiger partial charge in [0, 0.05) is 0 Å². The van der Waals surface area contributed by atoms with Gasteiger partial charge >= 0.3 is 5.97 Å². The second-order valence-corrected chi connectivity index (χ2v) is 3.94. The number of aromatic hydroxyl groups is 1. The van der Waals surface area contributed by atoms with Gasteiger partial charge in [-0.2, -0.15) is 0 Å². The van der Waals surface area contributed by atoms with Gasteiger partial charge in [-0.1, -0.05) is 18.2 Å². The molecule has 3 heteroatoms. The first-order valence-electron chi connectivity index (χ1n) is 5.20. The summed E-state index contributed by atoms with van der Waals surface area (Å²) in [7, 11) is 0. The van der Waals surface area contributed by atoms with E-state index in [1.54, 1.807) is 36.4 Å². The van der Waals surface area contributed by atoms with Gasteiger partial charge in [0.1, 0.15) is 5.75 Å². The molecule has 0 aliphatic heterocycles. The molecule has 0 heterocycles.